The van der Waals surface area contributed by atoms with Crippen LogP contribution in [-0.4, -0.2) is 60.6 Å². The average Bonchev–Trinajstić information content (AvgIpc) is 3.04. The van der Waals surface area contributed by atoms with Gasteiger partial charge in [0.25, 0.3) is 10.1 Å². The van der Waals surface area contributed by atoms with Crippen LogP contribution in [0.2, 0.25) is 0 Å². The molecule has 0 aromatic carbocycles. The van der Waals surface area contributed by atoms with Crippen molar-refractivity contribution >= 4 is 10.1 Å². The molecule has 2 N–H and O–H groups in total. The second-order valence-corrected chi connectivity index (χ2v) is 17.2. The van der Waals surface area contributed by atoms with E-state index in [9.17, 15) is 18.1 Å². The Morgan fingerprint density at radius 1 is 0.396 bits per heavy atom. The first-order valence-corrected chi connectivity index (χ1v) is 23.4. The predicted molar refractivity (Wildman–Crippen MR) is 212 cm³/mol. The lowest BCUT2D eigenvalue weighted by molar-refractivity contribution is -0.931. The number of aliphatic hydroxyl groups excluding tert-OH is 1. The first kappa shape index (κ1) is 47.8. The summed E-state index contributed by atoms with van der Waals surface area (Å²) in [6.07, 6.45) is 42.5. The fourth-order valence-electron chi connectivity index (χ4n) is 7.69. The molecule has 0 bridgehead atoms. The lowest BCUT2D eigenvalue weighted by Gasteiger charge is -2.40. The van der Waals surface area contributed by atoms with E-state index in [0.29, 0.717) is 6.54 Å². The molecule has 6 heteroatoms. The van der Waals surface area contributed by atoms with Crippen LogP contribution in [0, 0.1) is 0 Å². The number of quaternary nitrogens is 1. The van der Waals surface area contributed by atoms with Gasteiger partial charge in [0.2, 0.25) is 0 Å². The van der Waals surface area contributed by atoms with Crippen LogP contribution in [0.4, 0.5) is 0 Å². The summed E-state index contributed by atoms with van der Waals surface area (Å²) in [7, 11) is -4.19. The molecule has 0 fully saturated rings. The molecule has 0 radical (unpaired) electrons. The molecule has 0 amide bonds. The highest BCUT2D eigenvalue weighted by Gasteiger charge is 2.31. The van der Waals surface area contributed by atoms with Gasteiger partial charge < -0.3 is 9.59 Å². The van der Waals surface area contributed by atoms with Crippen LogP contribution in [-0.2, 0) is 10.1 Å². The zero-order chi connectivity index (χ0) is 35.4. The predicted octanol–water partition coefficient (Wildman–Crippen LogP) is 13.0. The van der Waals surface area contributed by atoms with Crippen LogP contribution in [0.5, 0.6) is 0 Å². The van der Waals surface area contributed by atoms with E-state index < -0.39 is 22.0 Å². The lowest BCUT2D eigenvalue weighted by Crippen LogP contribution is -2.55. The second-order valence-electron chi connectivity index (χ2n) is 15.7. The highest BCUT2D eigenvalue weighted by molar-refractivity contribution is 7.85. The number of aliphatic hydroxyl groups is 1. The fraction of sp³-hybridized carbons (Fsp3) is 1.00. The molecule has 0 spiro atoms. The van der Waals surface area contributed by atoms with Crippen LogP contribution in [0.25, 0.3) is 0 Å². The van der Waals surface area contributed by atoms with Gasteiger partial charge >= 0.3 is 0 Å². The molecule has 0 aromatic heterocycles. The molecule has 0 aliphatic rings. The SMILES string of the molecule is CCCCCCCCCCCCC[N+](CCCCCCCCCCCCC)(CCCCCCCCCCCCC)CC(O)CS(=O)(=O)O. The summed E-state index contributed by atoms with van der Waals surface area (Å²) in [6.45, 7) is 10.3. The Balaban J connectivity index is 4.93. The van der Waals surface area contributed by atoms with Gasteiger partial charge in [0, 0.05) is 0 Å². The fourth-order valence-corrected chi connectivity index (χ4v) is 8.28. The Morgan fingerprint density at radius 3 is 0.812 bits per heavy atom. The molecule has 1 unspecified atom stereocenters. The molecule has 0 heterocycles. The second kappa shape index (κ2) is 35.2. The topological polar surface area (TPSA) is 74.6 Å². The van der Waals surface area contributed by atoms with E-state index in [1.165, 1.54) is 193 Å². The van der Waals surface area contributed by atoms with Gasteiger partial charge in [-0.2, -0.15) is 8.42 Å². The number of hydrogen-bond acceptors (Lipinski definition) is 3. The van der Waals surface area contributed by atoms with Crippen molar-refractivity contribution in [2.24, 2.45) is 0 Å². The molecule has 0 aliphatic heterocycles. The molecule has 5 nitrogen and oxygen atoms in total. The van der Waals surface area contributed by atoms with Gasteiger partial charge in [-0.1, -0.05) is 194 Å². The van der Waals surface area contributed by atoms with E-state index in [2.05, 4.69) is 20.8 Å². The number of hydrogen-bond donors (Lipinski definition) is 2. The summed E-state index contributed by atoms with van der Waals surface area (Å²) in [4.78, 5) is 0. The molecule has 0 aromatic rings. The lowest BCUT2D eigenvalue weighted by atomic mass is 10.0. The van der Waals surface area contributed by atoms with E-state index in [-0.39, 0.29) is 0 Å². The summed E-state index contributed by atoms with van der Waals surface area (Å²) in [5, 5.41) is 10.9. The smallest absolute Gasteiger partial charge is 0.267 e. The van der Waals surface area contributed by atoms with Gasteiger partial charge in [0.05, 0.1) is 19.6 Å². The summed E-state index contributed by atoms with van der Waals surface area (Å²) >= 11 is 0. The average molecular weight is 703 g/mol. The molecule has 0 saturated carbocycles. The summed E-state index contributed by atoms with van der Waals surface area (Å²) in [6, 6.07) is 0. The van der Waals surface area contributed by atoms with Crippen molar-refractivity contribution in [3.8, 4) is 0 Å². The Labute approximate surface area is 302 Å². The van der Waals surface area contributed by atoms with Crippen molar-refractivity contribution in [2.75, 3.05) is 31.9 Å². The van der Waals surface area contributed by atoms with Crippen LogP contribution in [0.15, 0.2) is 0 Å². The van der Waals surface area contributed by atoms with Gasteiger partial charge in [-0.05, 0) is 38.5 Å². The highest BCUT2D eigenvalue weighted by Crippen LogP contribution is 2.21. The van der Waals surface area contributed by atoms with E-state index in [4.69, 9.17) is 0 Å². The highest BCUT2D eigenvalue weighted by atomic mass is 32.2. The molecular formula is C42H88NO4S+. The Bertz CT molecular complexity index is 679. The van der Waals surface area contributed by atoms with E-state index in [1.54, 1.807) is 0 Å². The van der Waals surface area contributed by atoms with Crippen LogP contribution in [0.3, 0.4) is 0 Å². The molecule has 290 valence electrons. The van der Waals surface area contributed by atoms with E-state index in [1.807, 2.05) is 0 Å². The monoisotopic (exact) mass is 703 g/mol. The van der Waals surface area contributed by atoms with E-state index in [0.717, 1.165) is 43.4 Å². The van der Waals surface area contributed by atoms with Crippen LogP contribution < -0.4 is 0 Å². The first-order chi connectivity index (χ1) is 23.3. The standard InChI is InChI=1S/C42H87NO4S/c1-4-7-10-13-16-19-22-25-28-31-34-37-43(40-42(44)41-48(45,46)47,38-35-32-29-26-23-20-17-14-11-8-5-2)39-36-33-30-27-24-21-18-15-12-9-6-3/h42,44H,4-41H2,1-3H3/p+1. The molecular weight excluding hydrogens is 615 g/mol. The molecule has 0 saturated heterocycles. The first-order valence-electron chi connectivity index (χ1n) is 21.8. The maximum Gasteiger partial charge on any atom is 0.267 e. The summed E-state index contributed by atoms with van der Waals surface area (Å²) in [5.74, 6) is -0.540. The number of rotatable bonds is 40. The minimum absolute atomic E-state index is 0.451. The largest absolute Gasteiger partial charge is 0.386 e. The minimum Gasteiger partial charge on any atom is -0.386 e. The third-order valence-corrected chi connectivity index (χ3v) is 11.5. The zero-order valence-electron chi connectivity index (χ0n) is 33.0. The number of unbranched alkanes of at least 4 members (excludes halogenated alkanes) is 30. The van der Waals surface area contributed by atoms with Crippen molar-refractivity contribution in [3.05, 3.63) is 0 Å². The van der Waals surface area contributed by atoms with Gasteiger partial charge in [-0.25, -0.2) is 0 Å². The normalized spacial score (nSPS) is 13.0. The van der Waals surface area contributed by atoms with Crippen LogP contribution >= 0.6 is 0 Å². The van der Waals surface area contributed by atoms with Gasteiger partial charge in [-0.3, -0.25) is 4.55 Å². The maximum atomic E-state index is 11.7. The third-order valence-electron chi connectivity index (χ3n) is 10.7. The maximum absolute atomic E-state index is 11.7. The Morgan fingerprint density at radius 2 is 0.604 bits per heavy atom. The summed E-state index contributed by atoms with van der Waals surface area (Å²) < 4.78 is 33.7. The van der Waals surface area contributed by atoms with Crippen molar-refractivity contribution in [2.45, 2.75) is 239 Å². The van der Waals surface area contributed by atoms with Crippen molar-refractivity contribution < 1.29 is 22.6 Å². The summed E-state index contributed by atoms with van der Waals surface area (Å²) in [5.41, 5.74) is 0. The van der Waals surface area contributed by atoms with Crippen LogP contribution in [0.1, 0.15) is 233 Å². The van der Waals surface area contributed by atoms with Gasteiger partial charge in [0.15, 0.2) is 0 Å². The van der Waals surface area contributed by atoms with Crippen molar-refractivity contribution in [3.63, 3.8) is 0 Å². The van der Waals surface area contributed by atoms with E-state index >= 15 is 0 Å². The van der Waals surface area contributed by atoms with Crippen molar-refractivity contribution in [1.82, 2.24) is 0 Å². The van der Waals surface area contributed by atoms with Gasteiger partial charge in [0.1, 0.15) is 18.4 Å². The quantitative estimate of drug-likeness (QED) is 0.0379. The Kier molecular flexibility index (Phi) is 35.1. The number of nitrogens with zero attached hydrogens (tertiary/aromatic N) is 1. The molecule has 0 aliphatic carbocycles. The van der Waals surface area contributed by atoms with Crippen molar-refractivity contribution in [1.29, 1.82) is 0 Å². The minimum atomic E-state index is -4.19. The molecule has 1 atom stereocenters. The molecule has 48 heavy (non-hydrogen) atoms. The molecule has 0 rings (SSSR count). The van der Waals surface area contributed by atoms with Gasteiger partial charge in [-0.15, -0.1) is 0 Å². The zero-order valence-corrected chi connectivity index (χ0v) is 33.8. The third kappa shape index (κ3) is 34.3. The Hall–Kier alpha value is -0.170.